The largest absolute Gasteiger partial charge is 0.756 e. The van der Waals surface area contributed by atoms with Gasteiger partial charge in [-0.15, -0.1) is 0 Å². The Morgan fingerprint density at radius 1 is 0.810 bits per heavy atom. The number of hydrogen-bond acceptors (Lipinski definition) is 23. The molecule has 0 bridgehead atoms. The van der Waals surface area contributed by atoms with E-state index < -0.39 is 96.9 Å². The SMILES string of the molecule is Nc1nc2c(ncn2[C@@H]2O[C@H](COP(=O)([O-])OP(=O)([O-])OP(=O)([O-])OC[C@H]3O[C@@H]([n+]4cn(Cc5ccccc5)c5c(=O)[nH]c(N)nc54)[C@H](O)[C@@H]3O)[C@@H](O)[C@H]2O)c(=O)[nH]1. The van der Waals surface area contributed by atoms with Crippen molar-refractivity contribution >= 4 is 57.7 Å². The number of phosphoric ester groups is 2. The molecule has 3 unspecified atom stereocenters. The first kappa shape index (κ1) is 41.8. The third-order valence-corrected chi connectivity index (χ3v) is 12.9. The molecule has 0 radical (unpaired) electrons. The molecular weight excluding hydrogens is 845 g/mol. The minimum absolute atomic E-state index is 0.00865. The van der Waals surface area contributed by atoms with E-state index >= 15 is 0 Å². The number of aromatic amines is 2. The molecule has 4 aromatic heterocycles. The molecule has 6 heterocycles. The van der Waals surface area contributed by atoms with E-state index in [1.165, 1.54) is 10.9 Å². The number of fused-ring (bicyclic) bond motifs is 2. The fraction of sp³-hybridized carbons (Fsp3) is 0.407. The maximum absolute atomic E-state index is 12.9. The maximum Gasteiger partial charge on any atom is 0.313 e. The molecule has 31 heteroatoms. The first-order valence-electron chi connectivity index (χ1n) is 16.5. The number of ether oxygens (including phenoxy) is 2. The zero-order chi connectivity index (χ0) is 41.9. The number of nitrogens with two attached hydrogens (primary N) is 2. The minimum Gasteiger partial charge on any atom is -0.756 e. The van der Waals surface area contributed by atoms with E-state index in [2.05, 4.69) is 42.6 Å². The Morgan fingerprint density at radius 2 is 1.40 bits per heavy atom. The summed E-state index contributed by atoms with van der Waals surface area (Å²) in [4.78, 5) is 78.6. The Balaban J connectivity index is 0.966. The highest BCUT2D eigenvalue weighted by Crippen LogP contribution is 2.63. The quantitative estimate of drug-likeness (QED) is 0.0383. The van der Waals surface area contributed by atoms with Crippen LogP contribution in [0, 0.1) is 0 Å². The van der Waals surface area contributed by atoms with E-state index in [1.54, 1.807) is 30.3 Å². The van der Waals surface area contributed by atoms with Crippen molar-refractivity contribution in [2.45, 2.75) is 55.6 Å². The summed E-state index contributed by atoms with van der Waals surface area (Å²) < 4.78 is 68.5. The lowest BCUT2D eigenvalue weighted by molar-refractivity contribution is -0.745. The molecule has 0 saturated carbocycles. The van der Waals surface area contributed by atoms with Crippen molar-refractivity contribution in [1.29, 1.82) is 0 Å². The summed E-state index contributed by atoms with van der Waals surface area (Å²) in [7, 11) is -18.5. The predicted octanol–water partition coefficient (Wildman–Crippen LogP) is -4.93. The zero-order valence-electron chi connectivity index (χ0n) is 29.0. The number of nitrogens with zero attached hydrogens (tertiary/aromatic N) is 6. The molecular formula is C27H31N10O18P3-2. The van der Waals surface area contributed by atoms with Crippen molar-refractivity contribution in [1.82, 2.24) is 34.1 Å². The monoisotopic (exact) mass is 876 g/mol. The molecule has 0 amide bonds. The van der Waals surface area contributed by atoms with Crippen molar-refractivity contribution in [3.05, 3.63) is 69.3 Å². The molecule has 0 aliphatic carbocycles. The van der Waals surface area contributed by atoms with Crippen LogP contribution in [-0.2, 0) is 47.4 Å². The maximum atomic E-state index is 12.9. The van der Waals surface area contributed by atoms with E-state index in [1.807, 2.05) is 0 Å². The van der Waals surface area contributed by atoms with E-state index in [9.17, 15) is 58.4 Å². The number of benzene rings is 1. The van der Waals surface area contributed by atoms with Gasteiger partial charge in [0.1, 0.15) is 36.6 Å². The summed E-state index contributed by atoms with van der Waals surface area (Å²) in [6.07, 6.45) is -11.6. The van der Waals surface area contributed by atoms with Crippen molar-refractivity contribution < 1.29 is 80.5 Å². The molecule has 2 fully saturated rings. The van der Waals surface area contributed by atoms with Gasteiger partial charge in [0.05, 0.1) is 26.1 Å². The van der Waals surface area contributed by atoms with Gasteiger partial charge in [-0.3, -0.25) is 42.4 Å². The van der Waals surface area contributed by atoms with E-state index in [4.69, 9.17) is 20.9 Å². The van der Waals surface area contributed by atoms with Crippen LogP contribution in [-0.4, -0.2) is 104 Å². The Hall–Kier alpha value is -4.31. The molecule has 2 aliphatic heterocycles. The van der Waals surface area contributed by atoms with Crippen LogP contribution >= 0.6 is 23.5 Å². The van der Waals surface area contributed by atoms with Crippen LogP contribution in [0.15, 0.2) is 52.6 Å². The number of phosphoric acid groups is 3. The standard InChI is InChI=1S/C27H33N10O18P3/c28-26-31-20-14(22(42)33-26)30-9-36(20)24-18(40)16(38)12(52-24)7-50-56(44,45)54-58(48,49)55-57(46,47)51-8-13-17(39)19(41)25(53-13)37-10-35(6-11-4-2-1-3-5-11)15-21(37)32-27(29)34-23(15)43/h1-5,9-10,12-13,16-19,24-25,38-41H,6-8H2,(H8-,28,29,31,32,33,34,42,43,44,45,46,47,48,49)/p-2/t12-,13-,16-,17-,18-,19-,24-,25-/m1/s1. The van der Waals surface area contributed by atoms with E-state index in [-0.39, 0.29) is 40.8 Å². The first-order chi connectivity index (χ1) is 27.2. The molecule has 10 N–H and O–H groups in total. The fourth-order valence-corrected chi connectivity index (χ4v) is 9.60. The lowest BCUT2D eigenvalue weighted by Crippen LogP contribution is -2.46. The van der Waals surface area contributed by atoms with Crippen molar-refractivity contribution in [3.8, 4) is 0 Å². The number of rotatable bonds is 14. The second-order valence-electron chi connectivity index (χ2n) is 12.7. The van der Waals surface area contributed by atoms with Gasteiger partial charge in [0, 0.05) is 0 Å². The van der Waals surface area contributed by atoms with Gasteiger partial charge in [0.25, 0.3) is 40.5 Å². The molecule has 2 aliphatic rings. The number of nitrogen functional groups attached to an aromatic ring is 2. The second-order valence-corrected chi connectivity index (χ2v) is 17.2. The molecule has 314 valence electrons. The van der Waals surface area contributed by atoms with Crippen LogP contribution in [0.25, 0.3) is 22.3 Å². The number of aliphatic hydroxyl groups is 4. The number of H-pyrrole nitrogens is 2. The lowest BCUT2D eigenvalue weighted by atomic mass is 10.1. The Bertz CT molecular complexity index is 2610. The van der Waals surface area contributed by atoms with Crippen LogP contribution < -0.4 is 41.8 Å². The third kappa shape index (κ3) is 8.54. The highest BCUT2D eigenvalue weighted by atomic mass is 31.3. The molecule has 0 spiro atoms. The number of anilines is 2. The summed E-state index contributed by atoms with van der Waals surface area (Å²) in [5.41, 5.74) is 10.1. The summed E-state index contributed by atoms with van der Waals surface area (Å²) >= 11 is 0. The normalized spacial score (nSPS) is 28.1. The number of aromatic nitrogens is 8. The summed E-state index contributed by atoms with van der Waals surface area (Å²) in [5.74, 6) is -0.637. The Morgan fingerprint density at radius 3 is 2.05 bits per heavy atom. The number of imidazole rings is 2. The number of nitrogens with one attached hydrogen (secondary N) is 2. The highest BCUT2D eigenvalue weighted by molar-refractivity contribution is 7.65. The fourth-order valence-electron chi connectivity index (χ4n) is 6.22. The number of aliphatic hydroxyl groups excluding tert-OH is 4. The topological polar surface area (TPSA) is 427 Å². The highest BCUT2D eigenvalue weighted by Gasteiger charge is 2.48. The molecule has 28 nitrogen and oxygen atoms in total. The molecule has 5 aromatic rings. The number of hydrogen-bond donors (Lipinski definition) is 8. The molecule has 11 atom stereocenters. The Labute approximate surface area is 321 Å². The van der Waals surface area contributed by atoms with Crippen LogP contribution in [0.4, 0.5) is 11.9 Å². The second kappa shape index (κ2) is 15.7. The van der Waals surface area contributed by atoms with E-state index in [0.717, 1.165) is 21.0 Å². The molecule has 58 heavy (non-hydrogen) atoms. The zero-order valence-corrected chi connectivity index (χ0v) is 31.6. The molecule has 1 aromatic carbocycles. The average Bonchev–Trinajstić information content (AvgIpc) is 3.86. The summed E-state index contributed by atoms with van der Waals surface area (Å²) in [5, 5.41) is 42.5. The average molecular weight is 877 g/mol. The van der Waals surface area contributed by atoms with E-state index in [0.29, 0.717) is 0 Å². The van der Waals surface area contributed by atoms with Crippen LogP contribution in [0.2, 0.25) is 0 Å². The summed E-state index contributed by atoms with van der Waals surface area (Å²) in [6.45, 7) is -2.28. The van der Waals surface area contributed by atoms with Gasteiger partial charge >= 0.3 is 5.65 Å². The third-order valence-electron chi connectivity index (χ3n) is 8.75. The Kier molecular flexibility index (Phi) is 11.3. The van der Waals surface area contributed by atoms with Crippen molar-refractivity contribution in [2.24, 2.45) is 0 Å². The van der Waals surface area contributed by atoms with Gasteiger partial charge in [-0.1, -0.05) is 35.3 Å². The lowest BCUT2D eigenvalue weighted by Gasteiger charge is -2.34. The van der Waals surface area contributed by atoms with Crippen molar-refractivity contribution in [3.63, 3.8) is 0 Å². The predicted molar refractivity (Wildman–Crippen MR) is 182 cm³/mol. The van der Waals surface area contributed by atoms with Crippen LogP contribution in [0.1, 0.15) is 18.0 Å². The van der Waals surface area contributed by atoms with Gasteiger partial charge in [0.2, 0.25) is 17.7 Å². The van der Waals surface area contributed by atoms with Gasteiger partial charge < -0.3 is 65.1 Å². The van der Waals surface area contributed by atoms with Gasteiger partial charge in [-0.25, -0.2) is 18.2 Å². The van der Waals surface area contributed by atoms with Gasteiger partial charge in [-0.05, 0) is 5.56 Å². The first-order valence-corrected chi connectivity index (χ1v) is 20.8. The van der Waals surface area contributed by atoms with Crippen molar-refractivity contribution in [2.75, 3.05) is 24.7 Å². The van der Waals surface area contributed by atoms with Gasteiger partial charge in [-0.2, -0.15) is 4.98 Å². The van der Waals surface area contributed by atoms with Crippen LogP contribution in [0.3, 0.4) is 0 Å². The summed E-state index contributed by atoms with van der Waals surface area (Å²) in [6, 6.07) is 8.85. The minimum atomic E-state index is -6.41. The smallest absolute Gasteiger partial charge is 0.313 e. The van der Waals surface area contributed by atoms with Gasteiger partial charge in [0.15, 0.2) is 23.7 Å². The molecule has 2 saturated heterocycles. The van der Waals surface area contributed by atoms with Crippen LogP contribution in [0.5, 0.6) is 0 Å². The molecule has 7 rings (SSSR count).